The number of pyridine rings is 1. The van der Waals surface area contributed by atoms with Crippen molar-refractivity contribution >= 4 is 17.4 Å². The molecule has 0 unspecified atom stereocenters. The van der Waals surface area contributed by atoms with Gasteiger partial charge in [-0.2, -0.15) is 0 Å². The molecular formula is C20H19ClN4O. The molecule has 5 nitrogen and oxygen atoms in total. The average molecular weight is 367 g/mol. The van der Waals surface area contributed by atoms with Gasteiger partial charge in [-0.15, -0.1) is 0 Å². The SMILES string of the molecule is O[C@H]1CCC[C@@H]1Nc1cc(-c2ccc(Cl)cc2)nc(-c2cccnc2)n1. The second kappa shape index (κ2) is 7.40. The van der Waals surface area contributed by atoms with Crippen molar-refractivity contribution in [3.8, 4) is 22.6 Å². The molecular weight excluding hydrogens is 348 g/mol. The Morgan fingerprint density at radius 2 is 1.88 bits per heavy atom. The Morgan fingerprint density at radius 1 is 1.04 bits per heavy atom. The molecule has 1 aliphatic rings. The van der Waals surface area contributed by atoms with Crippen LogP contribution in [-0.2, 0) is 0 Å². The number of aliphatic hydroxyl groups is 1. The summed E-state index contributed by atoms with van der Waals surface area (Å²) in [6.45, 7) is 0. The molecule has 0 amide bonds. The van der Waals surface area contributed by atoms with Gasteiger partial charge in [-0.3, -0.25) is 4.98 Å². The molecule has 3 aromatic rings. The second-order valence-corrected chi connectivity index (χ2v) is 6.90. The normalized spacial score (nSPS) is 19.5. The molecule has 1 aromatic carbocycles. The first-order valence-electron chi connectivity index (χ1n) is 8.69. The summed E-state index contributed by atoms with van der Waals surface area (Å²) in [5, 5.41) is 14.2. The van der Waals surface area contributed by atoms with Crippen LogP contribution in [0.1, 0.15) is 19.3 Å². The minimum Gasteiger partial charge on any atom is -0.391 e. The lowest BCUT2D eigenvalue weighted by molar-refractivity contribution is 0.171. The highest BCUT2D eigenvalue weighted by Crippen LogP contribution is 2.28. The molecule has 0 radical (unpaired) electrons. The van der Waals surface area contributed by atoms with E-state index in [-0.39, 0.29) is 12.1 Å². The summed E-state index contributed by atoms with van der Waals surface area (Å²) >= 11 is 6.01. The van der Waals surface area contributed by atoms with Crippen LogP contribution in [0, 0.1) is 0 Å². The first kappa shape index (κ1) is 16.9. The summed E-state index contributed by atoms with van der Waals surface area (Å²) in [4.78, 5) is 13.5. The number of aliphatic hydroxyl groups excluding tert-OH is 1. The Morgan fingerprint density at radius 3 is 2.58 bits per heavy atom. The third kappa shape index (κ3) is 3.69. The first-order chi connectivity index (χ1) is 12.7. The van der Waals surface area contributed by atoms with Crippen molar-refractivity contribution in [1.82, 2.24) is 15.0 Å². The second-order valence-electron chi connectivity index (χ2n) is 6.46. The predicted molar refractivity (Wildman–Crippen MR) is 103 cm³/mol. The van der Waals surface area contributed by atoms with Crippen LogP contribution in [0.25, 0.3) is 22.6 Å². The van der Waals surface area contributed by atoms with E-state index >= 15 is 0 Å². The Hall–Kier alpha value is -2.50. The molecule has 2 atom stereocenters. The van der Waals surface area contributed by atoms with Gasteiger partial charge in [-0.05, 0) is 43.5 Å². The number of nitrogens with one attached hydrogen (secondary N) is 1. The van der Waals surface area contributed by atoms with Crippen LogP contribution in [0.3, 0.4) is 0 Å². The number of nitrogens with zero attached hydrogens (tertiary/aromatic N) is 3. The highest BCUT2D eigenvalue weighted by Gasteiger charge is 2.25. The van der Waals surface area contributed by atoms with Gasteiger partial charge in [0.1, 0.15) is 5.82 Å². The molecule has 0 aliphatic heterocycles. The van der Waals surface area contributed by atoms with E-state index in [1.54, 1.807) is 12.4 Å². The molecule has 6 heteroatoms. The van der Waals surface area contributed by atoms with Crippen LogP contribution in [0.2, 0.25) is 5.02 Å². The van der Waals surface area contributed by atoms with Gasteiger partial charge in [0.05, 0.1) is 17.8 Å². The zero-order chi connectivity index (χ0) is 17.9. The maximum absolute atomic E-state index is 10.1. The number of aromatic nitrogens is 3. The van der Waals surface area contributed by atoms with Crippen molar-refractivity contribution in [1.29, 1.82) is 0 Å². The molecule has 2 heterocycles. The summed E-state index contributed by atoms with van der Waals surface area (Å²) in [5.41, 5.74) is 2.60. The van der Waals surface area contributed by atoms with Crippen LogP contribution in [0.5, 0.6) is 0 Å². The molecule has 0 bridgehead atoms. The Balaban J connectivity index is 1.75. The number of halogens is 1. The molecule has 2 aromatic heterocycles. The lowest BCUT2D eigenvalue weighted by Crippen LogP contribution is -2.28. The number of hydrogen-bond acceptors (Lipinski definition) is 5. The molecule has 1 fully saturated rings. The molecule has 132 valence electrons. The summed E-state index contributed by atoms with van der Waals surface area (Å²) < 4.78 is 0. The highest BCUT2D eigenvalue weighted by molar-refractivity contribution is 6.30. The lowest BCUT2D eigenvalue weighted by Gasteiger charge is -2.18. The number of hydrogen-bond donors (Lipinski definition) is 2. The molecule has 0 saturated heterocycles. The number of benzene rings is 1. The minimum absolute atomic E-state index is 0.0183. The van der Waals surface area contributed by atoms with Crippen LogP contribution in [0.15, 0.2) is 54.9 Å². The molecule has 1 aliphatic carbocycles. The fourth-order valence-corrected chi connectivity index (χ4v) is 3.34. The van der Waals surface area contributed by atoms with E-state index in [0.29, 0.717) is 16.7 Å². The summed E-state index contributed by atoms with van der Waals surface area (Å²) in [6, 6.07) is 13.3. The van der Waals surface area contributed by atoms with Gasteiger partial charge in [0.2, 0.25) is 0 Å². The third-order valence-corrected chi connectivity index (χ3v) is 4.85. The van der Waals surface area contributed by atoms with Crippen LogP contribution in [-0.4, -0.2) is 32.2 Å². The van der Waals surface area contributed by atoms with E-state index in [2.05, 4.69) is 15.3 Å². The number of anilines is 1. The van der Waals surface area contributed by atoms with Crippen molar-refractivity contribution in [3.63, 3.8) is 0 Å². The minimum atomic E-state index is -0.342. The average Bonchev–Trinajstić information content (AvgIpc) is 3.07. The third-order valence-electron chi connectivity index (χ3n) is 4.60. The van der Waals surface area contributed by atoms with Crippen molar-refractivity contribution in [2.45, 2.75) is 31.4 Å². The number of rotatable bonds is 4. The largest absolute Gasteiger partial charge is 0.391 e. The summed E-state index contributed by atoms with van der Waals surface area (Å²) in [7, 11) is 0. The van der Waals surface area contributed by atoms with Crippen molar-refractivity contribution < 1.29 is 5.11 Å². The molecule has 2 N–H and O–H groups in total. The summed E-state index contributed by atoms with van der Waals surface area (Å²) in [5.74, 6) is 1.30. The van der Waals surface area contributed by atoms with Gasteiger partial charge < -0.3 is 10.4 Å². The van der Waals surface area contributed by atoms with Crippen LogP contribution >= 0.6 is 11.6 Å². The van der Waals surface area contributed by atoms with E-state index in [1.165, 1.54) is 0 Å². The van der Waals surface area contributed by atoms with Gasteiger partial charge in [-0.1, -0.05) is 23.7 Å². The van der Waals surface area contributed by atoms with Crippen molar-refractivity contribution in [3.05, 3.63) is 59.9 Å². The van der Waals surface area contributed by atoms with E-state index in [9.17, 15) is 5.11 Å². The maximum atomic E-state index is 10.1. The fourth-order valence-electron chi connectivity index (χ4n) is 3.21. The van der Waals surface area contributed by atoms with Crippen LogP contribution < -0.4 is 5.32 Å². The molecule has 0 spiro atoms. The Labute approximate surface area is 157 Å². The molecule has 4 rings (SSSR count). The lowest BCUT2D eigenvalue weighted by atomic mass is 10.1. The van der Waals surface area contributed by atoms with Gasteiger partial charge in [-0.25, -0.2) is 9.97 Å². The maximum Gasteiger partial charge on any atom is 0.163 e. The van der Waals surface area contributed by atoms with Gasteiger partial charge >= 0.3 is 0 Å². The zero-order valence-corrected chi connectivity index (χ0v) is 14.9. The Bertz CT molecular complexity index is 886. The van der Waals surface area contributed by atoms with Crippen molar-refractivity contribution in [2.24, 2.45) is 0 Å². The van der Waals surface area contributed by atoms with Crippen LogP contribution in [0.4, 0.5) is 5.82 Å². The van der Waals surface area contributed by atoms with Gasteiger partial charge in [0, 0.05) is 34.6 Å². The quantitative estimate of drug-likeness (QED) is 0.724. The smallest absolute Gasteiger partial charge is 0.163 e. The van der Waals surface area contributed by atoms with E-state index < -0.39 is 0 Å². The first-order valence-corrected chi connectivity index (χ1v) is 9.07. The van der Waals surface area contributed by atoms with E-state index in [4.69, 9.17) is 16.6 Å². The van der Waals surface area contributed by atoms with Gasteiger partial charge in [0.15, 0.2) is 5.82 Å². The monoisotopic (exact) mass is 366 g/mol. The Kier molecular flexibility index (Phi) is 4.82. The molecule has 1 saturated carbocycles. The van der Waals surface area contributed by atoms with Gasteiger partial charge in [0.25, 0.3) is 0 Å². The summed E-state index contributed by atoms with van der Waals surface area (Å²) in [6.07, 6.45) is 5.90. The molecule has 26 heavy (non-hydrogen) atoms. The zero-order valence-electron chi connectivity index (χ0n) is 14.1. The standard InChI is InChI=1S/C20H19ClN4O/c21-15-8-6-13(7-9-15)17-11-19(23-16-4-1-5-18(16)26)25-20(24-17)14-3-2-10-22-12-14/h2-3,6-12,16,18,26H,1,4-5H2,(H,23,24,25)/t16-,18-/m0/s1. The predicted octanol–water partition coefficient (Wildman–Crippen LogP) is 4.18. The highest BCUT2D eigenvalue weighted by atomic mass is 35.5. The van der Waals surface area contributed by atoms with Crippen molar-refractivity contribution in [2.75, 3.05) is 5.32 Å². The topological polar surface area (TPSA) is 70.9 Å². The fraction of sp³-hybridized carbons (Fsp3) is 0.250. The van der Waals surface area contributed by atoms with E-state index in [1.807, 2.05) is 42.5 Å². The van der Waals surface area contributed by atoms with E-state index in [0.717, 1.165) is 36.1 Å².